The van der Waals surface area contributed by atoms with Crippen LogP contribution in [0.4, 0.5) is 0 Å². The van der Waals surface area contributed by atoms with Gasteiger partial charge in [0.1, 0.15) is 0 Å². The van der Waals surface area contributed by atoms with E-state index in [9.17, 15) is 9.59 Å². The molecule has 1 unspecified atom stereocenters. The number of esters is 1. The molecular weight excluding hydrogens is 386 g/mol. The molecule has 4 aromatic rings. The molecule has 152 valence electrons. The first-order chi connectivity index (χ1) is 14.5. The molecule has 0 aliphatic carbocycles. The Morgan fingerprint density at radius 1 is 1.27 bits per heavy atom. The fourth-order valence-electron chi connectivity index (χ4n) is 3.03. The molecule has 0 saturated carbocycles. The minimum absolute atomic E-state index is 0.00679. The van der Waals surface area contributed by atoms with E-state index in [1.165, 1.54) is 10.9 Å². The SMILES string of the molecule is Cc1cccc2c(=O)n(CCC(=O)OC(C)c3nc(-c4cccnc4)no3)cnc12. The number of hydrogen-bond acceptors (Lipinski definition) is 8. The number of carbonyl (C=O) groups excluding carboxylic acids is 1. The lowest BCUT2D eigenvalue weighted by molar-refractivity contribution is -0.150. The van der Waals surface area contributed by atoms with Crippen molar-refractivity contribution >= 4 is 16.9 Å². The van der Waals surface area contributed by atoms with Gasteiger partial charge in [-0.25, -0.2) is 4.98 Å². The van der Waals surface area contributed by atoms with E-state index in [0.29, 0.717) is 22.3 Å². The summed E-state index contributed by atoms with van der Waals surface area (Å²) in [6, 6.07) is 9.00. The molecule has 0 aliphatic rings. The van der Waals surface area contributed by atoms with Gasteiger partial charge in [0.2, 0.25) is 5.82 Å². The third-order valence-corrected chi connectivity index (χ3v) is 4.63. The van der Waals surface area contributed by atoms with Crippen LogP contribution in [-0.4, -0.2) is 30.6 Å². The number of fused-ring (bicyclic) bond motifs is 1. The molecule has 1 aromatic carbocycles. The van der Waals surface area contributed by atoms with E-state index in [-0.39, 0.29) is 24.4 Å². The topological polar surface area (TPSA) is 113 Å². The lowest BCUT2D eigenvalue weighted by Gasteiger charge is -2.10. The average Bonchev–Trinajstić information content (AvgIpc) is 3.25. The number of carbonyl (C=O) groups is 1. The molecule has 30 heavy (non-hydrogen) atoms. The summed E-state index contributed by atoms with van der Waals surface area (Å²) in [5.41, 5.74) is 2.10. The fraction of sp³-hybridized carbons (Fsp3) is 0.238. The molecule has 0 fully saturated rings. The first-order valence-electron chi connectivity index (χ1n) is 9.41. The van der Waals surface area contributed by atoms with Gasteiger partial charge >= 0.3 is 5.97 Å². The van der Waals surface area contributed by atoms with Gasteiger partial charge in [0.15, 0.2) is 6.10 Å². The van der Waals surface area contributed by atoms with Crippen LogP contribution in [0.5, 0.6) is 0 Å². The Bertz CT molecular complexity index is 1250. The van der Waals surface area contributed by atoms with Crippen LogP contribution in [0.2, 0.25) is 0 Å². The molecule has 0 aliphatic heterocycles. The predicted molar refractivity (Wildman–Crippen MR) is 107 cm³/mol. The molecular formula is C21H19N5O4. The number of nitrogens with zero attached hydrogens (tertiary/aromatic N) is 5. The number of ether oxygens (including phenoxy) is 1. The third kappa shape index (κ3) is 3.95. The molecule has 9 nitrogen and oxygen atoms in total. The second-order valence-electron chi connectivity index (χ2n) is 6.79. The quantitative estimate of drug-likeness (QED) is 0.450. The van der Waals surface area contributed by atoms with Crippen LogP contribution in [-0.2, 0) is 16.1 Å². The molecule has 4 rings (SSSR count). The largest absolute Gasteiger partial charge is 0.452 e. The molecule has 0 saturated heterocycles. The Balaban J connectivity index is 1.39. The van der Waals surface area contributed by atoms with Crippen LogP contribution in [0.1, 0.15) is 30.9 Å². The van der Waals surface area contributed by atoms with E-state index in [2.05, 4.69) is 20.1 Å². The van der Waals surface area contributed by atoms with Gasteiger partial charge < -0.3 is 9.26 Å². The second-order valence-corrected chi connectivity index (χ2v) is 6.79. The van der Waals surface area contributed by atoms with Crippen molar-refractivity contribution in [3.63, 3.8) is 0 Å². The van der Waals surface area contributed by atoms with Crippen LogP contribution in [0.25, 0.3) is 22.3 Å². The van der Waals surface area contributed by atoms with Crippen molar-refractivity contribution in [2.75, 3.05) is 0 Å². The normalized spacial score (nSPS) is 12.1. The zero-order valence-electron chi connectivity index (χ0n) is 16.5. The summed E-state index contributed by atoms with van der Waals surface area (Å²) in [7, 11) is 0. The number of para-hydroxylation sites is 1. The maximum atomic E-state index is 12.6. The van der Waals surface area contributed by atoms with Crippen LogP contribution < -0.4 is 5.56 Å². The molecule has 9 heteroatoms. The molecule has 0 N–H and O–H groups in total. The lowest BCUT2D eigenvalue weighted by atomic mass is 10.1. The zero-order chi connectivity index (χ0) is 21.1. The number of aryl methyl sites for hydroxylation is 2. The van der Waals surface area contributed by atoms with Crippen LogP contribution in [0.3, 0.4) is 0 Å². The Kier molecular flexibility index (Phi) is 5.34. The van der Waals surface area contributed by atoms with E-state index >= 15 is 0 Å². The van der Waals surface area contributed by atoms with Crippen LogP contribution in [0.15, 0.2) is 58.4 Å². The fourth-order valence-corrected chi connectivity index (χ4v) is 3.03. The molecule has 1 atom stereocenters. The highest BCUT2D eigenvalue weighted by atomic mass is 16.6. The van der Waals surface area contributed by atoms with E-state index < -0.39 is 12.1 Å². The summed E-state index contributed by atoms with van der Waals surface area (Å²) in [6.07, 6.45) is 4.00. The number of rotatable bonds is 6. The minimum atomic E-state index is -0.718. The van der Waals surface area contributed by atoms with Gasteiger partial charge in [0, 0.05) is 24.5 Å². The van der Waals surface area contributed by atoms with E-state index in [1.54, 1.807) is 37.5 Å². The Labute approximate surface area is 171 Å². The average molecular weight is 405 g/mol. The summed E-state index contributed by atoms with van der Waals surface area (Å²) >= 11 is 0. The maximum absolute atomic E-state index is 12.6. The number of pyridine rings is 1. The molecule has 0 amide bonds. The molecule has 3 aromatic heterocycles. The Morgan fingerprint density at radius 2 is 2.13 bits per heavy atom. The lowest BCUT2D eigenvalue weighted by Crippen LogP contribution is -2.23. The first kappa shape index (κ1) is 19.4. The number of aromatic nitrogens is 5. The summed E-state index contributed by atoms with van der Waals surface area (Å²) in [5, 5.41) is 4.41. The van der Waals surface area contributed by atoms with Crippen molar-refractivity contribution < 1.29 is 14.1 Å². The number of hydrogen-bond donors (Lipinski definition) is 0. The Morgan fingerprint density at radius 3 is 2.93 bits per heavy atom. The van der Waals surface area contributed by atoms with E-state index in [0.717, 1.165) is 5.56 Å². The van der Waals surface area contributed by atoms with Gasteiger partial charge in [-0.15, -0.1) is 0 Å². The van der Waals surface area contributed by atoms with Crippen molar-refractivity contribution in [1.82, 2.24) is 24.7 Å². The predicted octanol–water partition coefficient (Wildman–Crippen LogP) is 2.84. The highest BCUT2D eigenvalue weighted by Gasteiger charge is 2.19. The summed E-state index contributed by atoms with van der Waals surface area (Å²) in [4.78, 5) is 37.4. The smallest absolute Gasteiger partial charge is 0.308 e. The molecule has 0 spiro atoms. The van der Waals surface area contributed by atoms with E-state index in [4.69, 9.17) is 9.26 Å². The second kappa shape index (κ2) is 8.24. The van der Waals surface area contributed by atoms with Crippen LogP contribution in [0, 0.1) is 6.92 Å². The van der Waals surface area contributed by atoms with Crippen molar-refractivity contribution in [3.05, 3.63) is 70.9 Å². The summed E-state index contributed by atoms with van der Waals surface area (Å²) in [6.45, 7) is 3.70. The van der Waals surface area contributed by atoms with Crippen LogP contribution >= 0.6 is 0 Å². The van der Waals surface area contributed by atoms with Gasteiger partial charge in [-0.2, -0.15) is 4.98 Å². The van der Waals surface area contributed by atoms with Gasteiger partial charge in [-0.05, 0) is 37.6 Å². The van der Waals surface area contributed by atoms with Gasteiger partial charge in [0.05, 0.1) is 23.7 Å². The monoisotopic (exact) mass is 405 g/mol. The molecule has 3 heterocycles. The highest BCUT2D eigenvalue weighted by molar-refractivity contribution is 5.80. The minimum Gasteiger partial charge on any atom is -0.452 e. The molecule has 0 radical (unpaired) electrons. The van der Waals surface area contributed by atoms with Crippen molar-refractivity contribution in [2.45, 2.75) is 32.9 Å². The van der Waals surface area contributed by atoms with Crippen molar-refractivity contribution in [3.8, 4) is 11.4 Å². The van der Waals surface area contributed by atoms with Gasteiger partial charge in [-0.3, -0.25) is 19.1 Å². The van der Waals surface area contributed by atoms with Crippen molar-refractivity contribution in [2.24, 2.45) is 0 Å². The molecule has 0 bridgehead atoms. The Hall–Kier alpha value is -3.88. The third-order valence-electron chi connectivity index (χ3n) is 4.63. The van der Waals surface area contributed by atoms with Crippen molar-refractivity contribution in [1.29, 1.82) is 0 Å². The van der Waals surface area contributed by atoms with Gasteiger partial charge in [-0.1, -0.05) is 17.3 Å². The zero-order valence-corrected chi connectivity index (χ0v) is 16.5. The standard InChI is InChI=1S/C21H19N5O4/c1-13-5-3-7-16-18(13)23-12-26(21(16)28)10-8-17(27)29-14(2)20-24-19(25-30-20)15-6-4-9-22-11-15/h3-7,9,11-12,14H,8,10H2,1-2H3. The summed E-state index contributed by atoms with van der Waals surface area (Å²) in [5.74, 6) is 0.0622. The highest BCUT2D eigenvalue weighted by Crippen LogP contribution is 2.20. The van der Waals surface area contributed by atoms with Gasteiger partial charge in [0.25, 0.3) is 11.4 Å². The van der Waals surface area contributed by atoms with E-state index in [1.807, 2.05) is 19.1 Å². The number of benzene rings is 1. The first-order valence-corrected chi connectivity index (χ1v) is 9.41. The maximum Gasteiger partial charge on any atom is 0.308 e. The summed E-state index contributed by atoms with van der Waals surface area (Å²) < 4.78 is 12.0.